The second-order valence-corrected chi connectivity index (χ2v) is 23.2. The molecule has 9 N–H and O–H groups in total. The number of carbonyl (C=O) groups excluding carboxylic acids is 6. The van der Waals surface area contributed by atoms with Crippen LogP contribution in [0, 0.1) is 47.3 Å². The van der Waals surface area contributed by atoms with Crippen LogP contribution < -0.4 is 21.4 Å². The molecule has 17 atom stereocenters. The van der Waals surface area contributed by atoms with E-state index in [9.17, 15) is 54.3 Å². The molecule has 4 aliphatic rings. The quantitative estimate of drug-likeness (QED) is 0.0786. The zero-order chi connectivity index (χ0) is 57.6. The second-order valence-electron chi connectivity index (χ2n) is 23.2. The van der Waals surface area contributed by atoms with Crippen LogP contribution >= 0.6 is 0 Å². The van der Waals surface area contributed by atoms with E-state index >= 15 is 0 Å². The number of hydrazine groups is 1. The maximum atomic E-state index is 14.5. The van der Waals surface area contributed by atoms with Crippen molar-refractivity contribution < 1.29 is 63.8 Å². The highest BCUT2D eigenvalue weighted by molar-refractivity contribution is 5.93. The molecule has 1 aromatic rings. The molecule has 5 rings (SSSR count). The zero-order valence-electron chi connectivity index (χ0n) is 47.6. The first-order chi connectivity index (χ1) is 36.9. The molecule has 4 heterocycles. The molecule has 2 bridgehead atoms. The third-order valence-electron chi connectivity index (χ3n) is 16.9. The summed E-state index contributed by atoms with van der Waals surface area (Å²) in [4.78, 5) is 82.2. The first kappa shape index (κ1) is 63.6. The number of allylic oxidation sites excluding steroid dienone is 5. The fraction of sp³-hybridized carbons (Fsp3) is 0.667. The van der Waals surface area contributed by atoms with Gasteiger partial charge in [0, 0.05) is 61.8 Å². The summed E-state index contributed by atoms with van der Waals surface area (Å²) in [7, 11) is 0. The summed E-state index contributed by atoms with van der Waals surface area (Å²) in [5.41, 5.74) is 3.27. The number of aromatic hydroxyl groups is 1. The monoisotopic (exact) mass is 1090 g/mol. The molecule has 78 heavy (non-hydrogen) atoms. The van der Waals surface area contributed by atoms with Crippen LogP contribution in [-0.4, -0.2) is 133 Å². The van der Waals surface area contributed by atoms with Gasteiger partial charge in [0.1, 0.15) is 41.5 Å². The van der Waals surface area contributed by atoms with Gasteiger partial charge in [-0.2, -0.15) is 0 Å². The van der Waals surface area contributed by atoms with Crippen molar-refractivity contribution in [2.75, 3.05) is 6.54 Å². The summed E-state index contributed by atoms with van der Waals surface area (Å²) in [6, 6.07) is 2.90. The van der Waals surface area contributed by atoms with E-state index in [4.69, 9.17) is 9.47 Å². The number of ether oxygens (including phenoxy) is 2. The van der Waals surface area contributed by atoms with Crippen LogP contribution in [-0.2, 0) is 44.7 Å². The lowest BCUT2D eigenvalue weighted by atomic mass is 9.69. The lowest BCUT2D eigenvalue weighted by Crippen LogP contribution is -2.71. The summed E-state index contributed by atoms with van der Waals surface area (Å²) in [5.74, 6) is -6.33. The minimum atomic E-state index is -1.43. The average molecular weight is 1090 g/mol. The van der Waals surface area contributed by atoms with Crippen LogP contribution in [0.4, 0.5) is 0 Å². The Labute approximate surface area is 461 Å². The Hall–Kier alpha value is -5.24. The van der Waals surface area contributed by atoms with Crippen LogP contribution in [0.15, 0.2) is 72.4 Å². The maximum Gasteiger partial charge on any atom is 0.325 e. The standard InChI is InChI=1S/C60H91N5O13/c1-11-43-30-37(6)60(63-55(43)72)41(10)53(70)40(9)51(78-60)33-49(69)35(4)20-14-12-15-21-36(5)50-26-17-13-16-25-48(68)39(8)54(71)45(28-27-38(7)66)56(73)62-52(34(2)3)57(74)61-47(32-42-22-18-23-44(67)31-42)58(75)65-29-19-24-46(64-65)59(76)77-50/h12-13,15-18,21-23,25,31,34-35,37,39-41,43,45-54,64,67-71H,11,14,19-20,24,26-30,32-33H2,1-10H3,(H,61,74)(H,62,73)(H,63,72)/t35-,37-,39-,40-,41-,43-,45+,46-,47-,48+,49-,50-,51-,52-,53-,54+,60+/m0/s1. The number of rotatable bonds is 15. The molecule has 3 fully saturated rings. The summed E-state index contributed by atoms with van der Waals surface area (Å²) in [6.07, 6.45) is 10.6. The summed E-state index contributed by atoms with van der Waals surface area (Å²) in [6.45, 7) is 18.3. The van der Waals surface area contributed by atoms with E-state index in [0.29, 0.717) is 49.7 Å². The molecule has 0 aromatic heterocycles. The van der Waals surface area contributed by atoms with Gasteiger partial charge in [-0.15, -0.1) is 0 Å². The number of nitrogens with zero attached hydrogens (tertiary/aromatic N) is 1. The number of cyclic esters (lactones) is 1. The lowest BCUT2D eigenvalue weighted by Gasteiger charge is -2.56. The molecule has 1 spiro atoms. The van der Waals surface area contributed by atoms with E-state index in [2.05, 4.69) is 28.3 Å². The number of piperidine rings is 1. The van der Waals surface area contributed by atoms with E-state index in [-0.39, 0.29) is 79.3 Å². The van der Waals surface area contributed by atoms with Gasteiger partial charge in [0.15, 0.2) is 0 Å². The fourth-order valence-electron chi connectivity index (χ4n) is 11.3. The maximum absolute atomic E-state index is 14.5. The smallest absolute Gasteiger partial charge is 0.325 e. The van der Waals surface area contributed by atoms with Crippen LogP contribution in [0.25, 0.3) is 0 Å². The molecular formula is C60H91N5O13. The number of ketones is 1. The van der Waals surface area contributed by atoms with Crippen LogP contribution in [0.1, 0.15) is 139 Å². The number of aliphatic hydroxyl groups is 4. The van der Waals surface area contributed by atoms with Crippen molar-refractivity contribution >= 4 is 35.4 Å². The molecule has 0 saturated carbocycles. The third kappa shape index (κ3) is 16.7. The molecule has 4 aliphatic heterocycles. The summed E-state index contributed by atoms with van der Waals surface area (Å²) in [5, 5.41) is 66.1. The number of carbonyl (C=O) groups is 6. The number of aliphatic hydroxyl groups excluding tert-OH is 4. The highest BCUT2D eigenvalue weighted by atomic mass is 16.5. The van der Waals surface area contributed by atoms with Gasteiger partial charge in [0.05, 0.1) is 36.4 Å². The highest BCUT2D eigenvalue weighted by Gasteiger charge is 2.57. The number of amides is 4. The lowest BCUT2D eigenvalue weighted by molar-refractivity contribution is -0.267. The number of nitrogens with one attached hydrogen (secondary N) is 4. The largest absolute Gasteiger partial charge is 0.508 e. The predicted molar refractivity (Wildman–Crippen MR) is 295 cm³/mol. The van der Waals surface area contributed by atoms with Crippen LogP contribution in [0.2, 0.25) is 0 Å². The molecule has 4 amide bonds. The van der Waals surface area contributed by atoms with E-state index in [1.807, 2.05) is 52.8 Å². The SMILES string of the molecule is CC[C@H]1C[C@H](C)[C@@]2(NC1=O)O[C@@H](C[C@H](O)[C@@H](C)CCC=CC=C(C)[C@@H]1CC=CC=C[C@@H](O)[C@H](C)[C@@H](O)[C@@H](CCC(C)=O)C(=O)N[C@@H](C(C)C)C(=O)N[C@@H](Cc3cccc(O)c3)C(=O)N3CCC[C@H](N3)C(=O)O1)[C@H](C)[C@H](O)[C@@H]2C. The van der Waals surface area contributed by atoms with Gasteiger partial charge < -0.3 is 55.8 Å². The molecule has 1 aromatic carbocycles. The number of fused-ring (bicyclic) bond motifs is 2. The molecule has 0 radical (unpaired) electrons. The van der Waals surface area contributed by atoms with E-state index < -0.39 is 102 Å². The Morgan fingerprint density at radius 3 is 2.36 bits per heavy atom. The summed E-state index contributed by atoms with van der Waals surface area (Å²) >= 11 is 0. The van der Waals surface area contributed by atoms with Gasteiger partial charge in [-0.1, -0.05) is 110 Å². The normalized spacial score (nSPS) is 34.1. The van der Waals surface area contributed by atoms with Crippen LogP contribution in [0.3, 0.4) is 0 Å². The average Bonchev–Trinajstić information content (AvgIpc) is 3.51. The molecule has 434 valence electrons. The number of Topliss-reactive ketones (excluding diaryl/α,β-unsaturated/α-hetero) is 1. The number of phenolic OH excluding ortho intramolecular Hbond substituents is 1. The molecule has 0 aliphatic carbocycles. The van der Waals surface area contributed by atoms with Crippen molar-refractivity contribution in [2.45, 2.75) is 200 Å². The number of hydrogen-bond donors (Lipinski definition) is 9. The minimum Gasteiger partial charge on any atom is -0.508 e. The molecular weight excluding hydrogens is 999 g/mol. The van der Waals surface area contributed by atoms with Crippen LogP contribution in [0.5, 0.6) is 5.75 Å². The molecule has 18 heteroatoms. The van der Waals surface area contributed by atoms with E-state index in [1.165, 1.54) is 30.1 Å². The number of phenols is 1. The van der Waals surface area contributed by atoms with Crippen molar-refractivity contribution in [1.82, 2.24) is 26.4 Å². The topological polar surface area (TPSA) is 273 Å². The Morgan fingerprint density at radius 1 is 0.949 bits per heavy atom. The first-order valence-corrected chi connectivity index (χ1v) is 28.4. The van der Waals surface area contributed by atoms with Gasteiger partial charge in [-0.25, -0.2) is 5.43 Å². The first-order valence-electron chi connectivity index (χ1n) is 28.4. The molecule has 18 nitrogen and oxygen atoms in total. The van der Waals surface area contributed by atoms with E-state index in [1.54, 1.807) is 51.1 Å². The Balaban J connectivity index is 1.35. The van der Waals surface area contributed by atoms with Gasteiger partial charge in [0.25, 0.3) is 5.91 Å². The van der Waals surface area contributed by atoms with Gasteiger partial charge >= 0.3 is 5.97 Å². The fourth-order valence-corrected chi connectivity index (χ4v) is 11.3. The third-order valence-corrected chi connectivity index (χ3v) is 16.9. The van der Waals surface area contributed by atoms with Crippen molar-refractivity contribution in [1.29, 1.82) is 0 Å². The number of benzene rings is 1. The second kappa shape index (κ2) is 29.3. The molecule has 3 saturated heterocycles. The molecule has 0 unspecified atom stereocenters. The van der Waals surface area contributed by atoms with Crippen molar-refractivity contribution in [2.24, 2.45) is 47.3 Å². The minimum absolute atomic E-state index is 0.0254. The summed E-state index contributed by atoms with van der Waals surface area (Å²) < 4.78 is 12.9. The van der Waals surface area contributed by atoms with Crippen molar-refractivity contribution in [3.8, 4) is 5.75 Å². The van der Waals surface area contributed by atoms with Gasteiger partial charge in [-0.05, 0) is 93.9 Å². The number of esters is 1. The Bertz CT molecular complexity index is 2340. The Kier molecular flexibility index (Phi) is 23.9. The van der Waals surface area contributed by atoms with Gasteiger partial charge in [0.2, 0.25) is 17.7 Å². The van der Waals surface area contributed by atoms with Crippen molar-refractivity contribution in [3.05, 3.63) is 77.9 Å². The van der Waals surface area contributed by atoms with E-state index in [0.717, 1.165) is 6.42 Å². The van der Waals surface area contributed by atoms with Crippen molar-refractivity contribution in [3.63, 3.8) is 0 Å². The highest BCUT2D eigenvalue weighted by Crippen LogP contribution is 2.46. The Morgan fingerprint density at radius 2 is 1.68 bits per heavy atom. The predicted octanol–water partition coefficient (Wildman–Crippen LogP) is 5.41. The van der Waals surface area contributed by atoms with Gasteiger partial charge in [-0.3, -0.25) is 29.0 Å². The number of hydrogen-bond acceptors (Lipinski definition) is 14. The zero-order valence-corrected chi connectivity index (χ0v) is 47.6.